The number of carbonyl (C=O) groups excluding carboxylic acids is 1. The average molecular weight is 638 g/mol. The van der Waals surface area contributed by atoms with Crippen LogP contribution in [0.4, 0.5) is 8.78 Å². The summed E-state index contributed by atoms with van der Waals surface area (Å²) in [7, 11) is 1.27. The first kappa shape index (κ1) is 30.3. The minimum absolute atomic E-state index is 0.0343. The SMILES string of the molecule is COC(=O)C1=C(CN2CCN3C(=S)N(CC(C)(C)C(=O)O)C[C@@H]3C2)NC(c2nccs2)=C[C@H]1c1ccc(F)c(F)c1Cl. The van der Waals surface area contributed by atoms with Crippen LogP contribution in [0.1, 0.15) is 30.3 Å². The Bertz CT molecular complexity index is 1480. The number of hydrogen-bond donors (Lipinski definition) is 2. The number of ether oxygens (including phenoxy) is 1. The largest absolute Gasteiger partial charge is 0.481 e. The van der Waals surface area contributed by atoms with E-state index in [2.05, 4.69) is 20.1 Å². The lowest BCUT2D eigenvalue weighted by Crippen LogP contribution is -2.53. The van der Waals surface area contributed by atoms with E-state index in [1.54, 1.807) is 26.1 Å². The van der Waals surface area contributed by atoms with Crippen molar-refractivity contribution < 1.29 is 28.2 Å². The minimum Gasteiger partial charge on any atom is -0.481 e. The summed E-state index contributed by atoms with van der Waals surface area (Å²) in [5.41, 5.74) is 0.658. The van der Waals surface area contributed by atoms with Gasteiger partial charge in [0.1, 0.15) is 5.01 Å². The van der Waals surface area contributed by atoms with Gasteiger partial charge in [-0.1, -0.05) is 17.7 Å². The first-order valence-corrected chi connectivity index (χ1v) is 14.9. The summed E-state index contributed by atoms with van der Waals surface area (Å²) in [5, 5.41) is 15.7. The number of halogens is 3. The van der Waals surface area contributed by atoms with Gasteiger partial charge in [-0.2, -0.15) is 0 Å². The number of carbonyl (C=O) groups is 2. The highest BCUT2D eigenvalue weighted by Crippen LogP contribution is 2.40. The standard InChI is InChI=1S/C28H30ClF2N5O4S2/c1-28(2,26(38)39)14-35-12-15-11-34(7-8-36(15)27(35)41)13-20-21(25(37)40-3)17(10-19(33-20)24-32-6-9-42-24)16-4-5-18(30)23(31)22(16)29/h4-6,9-10,15,17,33H,7-8,11-14H2,1-3H3,(H,38,39)/t15-,17-/m0/s1. The molecule has 0 aliphatic carbocycles. The summed E-state index contributed by atoms with van der Waals surface area (Å²) in [5.74, 6) is -4.61. The van der Waals surface area contributed by atoms with E-state index in [-0.39, 0.29) is 17.2 Å². The number of benzene rings is 1. The molecule has 4 heterocycles. The zero-order chi connectivity index (χ0) is 30.3. The lowest BCUT2D eigenvalue weighted by molar-refractivity contribution is -0.147. The number of methoxy groups -OCH3 is 1. The van der Waals surface area contributed by atoms with E-state index in [1.165, 1.54) is 24.5 Å². The Balaban J connectivity index is 1.46. The van der Waals surface area contributed by atoms with Gasteiger partial charge < -0.3 is 25.0 Å². The fraction of sp³-hybridized carbons (Fsp3) is 0.429. The molecule has 2 N–H and O–H groups in total. The monoisotopic (exact) mass is 637 g/mol. The Morgan fingerprint density at radius 1 is 1.29 bits per heavy atom. The highest BCUT2D eigenvalue weighted by Gasteiger charge is 2.42. The lowest BCUT2D eigenvalue weighted by Gasteiger charge is -2.39. The van der Waals surface area contributed by atoms with Gasteiger partial charge in [-0.3, -0.25) is 9.69 Å². The van der Waals surface area contributed by atoms with Gasteiger partial charge in [-0.05, 0) is 43.8 Å². The molecule has 0 amide bonds. The molecule has 5 rings (SSSR count). The van der Waals surface area contributed by atoms with Gasteiger partial charge in [-0.25, -0.2) is 18.6 Å². The average Bonchev–Trinajstić information content (AvgIpc) is 3.59. The zero-order valence-electron chi connectivity index (χ0n) is 23.2. The number of aromatic nitrogens is 1. The van der Waals surface area contributed by atoms with E-state index in [4.69, 9.17) is 28.6 Å². The van der Waals surface area contributed by atoms with Gasteiger partial charge >= 0.3 is 11.9 Å². The third kappa shape index (κ3) is 5.75. The maximum atomic E-state index is 14.6. The van der Waals surface area contributed by atoms with Crippen molar-refractivity contribution >= 4 is 57.9 Å². The van der Waals surface area contributed by atoms with Crippen LogP contribution in [-0.2, 0) is 14.3 Å². The number of thiazole rings is 1. The first-order chi connectivity index (χ1) is 19.9. The van der Waals surface area contributed by atoms with E-state index in [1.807, 2.05) is 10.3 Å². The summed E-state index contributed by atoms with van der Waals surface area (Å²) in [6, 6.07) is 2.40. The smallest absolute Gasteiger partial charge is 0.336 e. The van der Waals surface area contributed by atoms with Gasteiger partial charge in [0.2, 0.25) is 0 Å². The molecule has 9 nitrogen and oxygen atoms in total. The van der Waals surface area contributed by atoms with Crippen LogP contribution in [0.3, 0.4) is 0 Å². The Labute approximate surface area is 256 Å². The molecule has 0 saturated carbocycles. The first-order valence-electron chi connectivity index (χ1n) is 13.3. The second-order valence-electron chi connectivity index (χ2n) is 11.1. The van der Waals surface area contributed by atoms with Crippen LogP contribution in [0.25, 0.3) is 5.70 Å². The zero-order valence-corrected chi connectivity index (χ0v) is 25.6. The number of aliphatic carboxylic acids is 1. The maximum absolute atomic E-state index is 14.6. The molecule has 2 atom stereocenters. The predicted molar refractivity (Wildman–Crippen MR) is 159 cm³/mol. The van der Waals surface area contributed by atoms with Crippen molar-refractivity contribution in [1.82, 2.24) is 25.0 Å². The molecule has 0 unspecified atom stereocenters. The molecule has 0 spiro atoms. The summed E-state index contributed by atoms with van der Waals surface area (Å²) in [6.45, 7) is 6.42. The summed E-state index contributed by atoms with van der Waals surface area (Å²) < 4.78 is 33.7. The van der Waals surface area contributed by atoms with Crippen molar-refractivity contribution in [2.45, 2.75) is 25.8 Å². The van der Waals surface area contributed by atoms with Gasteiger partial charge in [0, 0.05) is 62.5 Å². The van der Waals surface area contributed by atoms with E-state index in [0.717, 1.165) is 6.07 Å². The number of nitrogens with one attached hydrogen (secondary N) is 1. The summed E-state index contributed by atoms with van der Waals surface area (Å²) >= 11 is 13.4. The Morgan fingerprint density at radius 3 is 2.71 bits per heavy atom. The molecule has 1 aromatic heterocycles. The predicted octanol–water partition coefficient (Wildman–Crippen LogP) is 3.93. The number of carboxylic acids is 1. The van der Waals surface area contributed by atoms with Crippen molar-refractivity contribution in [3.05, 3.63) is 68.3 Å². The number of fused-ring (bicyclic) bond motifs is 1. The molecule has 3 aliphatic heterocycles. The maximum Gasteiger partial charge on any atom is 0.336 e. The van der Waals surface area contributed by atoms with Crippen molar-refractivity contribution in [2.24, 2.45) is 5.41 Å². The molecule has 42 heavy (non-hydrogen) atoms. The summed E-state index contributed by atoms with van der Waals surface area (Å²) in [6.07, 6.45) is 3.38. The quantitative estimate of drug-likeness (QED) is 0.252. The number of piperazine rings is 1. The third-order valence-electron chi connectivity index (χ3n) is 7.78. The molecule has 2 saturated heterocycles. The molecule has 0 bridgehead atoms. The molecule has 224 valence electrons. The fourth-order valence-corrected chi connectivity index (χ4v) is 6.86. The highest BCUT2D eigenvalue weighted by molar-refractivity contribution is 7.80. The van der Waals surface area contributed by atoms with Crippen LogP contribution in [0.2, 0.25) is 5.02 Å². The summed E-state index contributed by atoms with van der Waals surface area (Å²) in [4.78, 5) is 35.6. The van der Waals surface area contributed by atoms with Crippen LogP contribution in [-0.4, -0.2) is 94.3 Å². The van der Waals surface area contributed by atoms with E-state index in [9.17, 15) is 23.5 Å². The number of thiocarbonyl (C=S) groups is 1. The van der Waals surface area contributed by atoms with Crippen LogP contribution < -0.4 is 5.32 Å². The van der Waals surface area contributed by atoms with E-state index < -0.39 is 39.9 Å². The Morgan fingerprint density at radius 2 is 2.05 bits per heavy atom. The van der Waals surface area contributed by atoms with Gasteiger partial charge in [0.15, 0.2) is 16.7 Å². The highest BCUT2D eigenvalue weighted by atomic mass is 35.5. The normalized spacial score (nSPS) is 21.3. The molecular weight excluding hydrogens is 608 g/mol. The number of carboxylic acid groups (broad SMARTS) is 1. The van der Waals surface area contributed by atoms with Crippen LogP contribution in [0.5, 0.6) is 0 Å². The number of rotatable bonds is 8. The molecule has 0 radical (unpaired) electrons. The molecule has 1 aromatic carbocycles. The fourth-order valence-electron chi connectivity index (χ4n) is 5.59. The van der Waals surface area contributed by atoms with Crippen molar-refractivity contribution in [3.8, 4) is 0 Å². The van der Waals surface area contributed by atoms with Gasteiger partial charge in [0.05, 0.1) is 34.9 Å². The van der Waals surface area contributed by atoms with Crippen molar-refractivity contribution in [1.29, 1.82) is 0 Å². The van der Waals surface area contributed by atoms with Crippen LogP contribution in [0, 0.1) is 17.0 Å². The molecule has 14 heteroatoms. The Kier molecular flexibility index (Phi) is 8.57. The molecular formula is C28H30ClF2N5O4S2. The third-order valence-corrected chi connectivity index (χ3v) is 9.47. The number of dihydropyridines is 1. The number of hydrogen-bond acceptors (Lipinski definition) is 8. The van der Waals surface area contributed by atoms with Crippen molar-refractivity contribution in [2.75, 3.05) is 46.4 Å². The molecule has 2 aromatic rings. The van der Waals surface area contributed by atoms with Crippen molar-refractivity contribution in [3.63, 3.8) is 0 Å². The molecule has 3 aliphatic rings. The second-order valence-corrected chi connectivity index (χ2v) is 12.7. The topological polar surface area (TPSA) is 98.2 Å². The van der Waals surface area contributed by atoms with Gasteiger partial charge in [-0.15, -0.1) is 11.3 Å². The van der Waals surface area contributed by atoms with E-state index >= 15 is 0 Å². The second kappa shape index (κ2) is 11.9. The molecule has 2 fully saturated rings. The Hall–Kier alpha value is -3.13. The van der Waals surface area contributed by atoms with E-state index in [0.29, 0.717) is 60.8 Å². The minimum atomic E-state index is -1.19. The number of allylic oxidation sites excluding steroid dienone is 1. The number of esters is 1. The number of nitrogens with zero attached hydrogens (tertiary/aromatic N) is 4. The van der Waals surface area contributed by atoms with Crippen LogP contribution in [0.15, 0.2) is 41.1 Å². The van der Waals surface area contributed by atoms with Crippen LogP contribution >= 0.6 is 35.2 Å². The lowest BCUT2D eigenvalue weighted by atomic mass is 9.86. The van der Waals surface area contributed by atoms with Gasteiger partial charge in [0.25, 0.3) is 0 Å².